The highest BCUT2D eigenvalue weighted by Crippen LogP contribution is 2.26. The maximum absolute atomic E-state index is 9.36. The van der Waals surface area contributed by atoms with Crippen LogP contribution in [0.2, 0.25) is 0 Å². The molecular weight excluding hydrogens is 248 g/mol. The molecule has 20 heavy (non-hydrogen) atoms. The third-order valence-corrected chi connectivity index (χ3v) is 3.81. The van der Waals surface area contributed by atoms with Gasteiger partial charge in [-0.2, -0.15) is 0 Å². The Bertz CT molecular complexity index is 408. The molecule has 0 heterocycles. The highest BCUT2D eigenvalue weighted by molar-refractivity contribution is 5.48. The van der Waals surface area contributed by atoms with Crippen molar-refractivity contribution in [3.8, 4) is 5.75 Å². The van der Waals surface area contributed by atoms with E-state index in [1.165, 1.54) is 0 Å². The van der Waals surface area contributed by atoms with E-state index < -0.39 is 0 Å². The van der Waals surface area contributed by atoms with E-state index in [0.29, 0.717) is 5.75 Å². The predicted molar refractivity (Wildman–Crippen MR) is 87.5 cm³/mol. The normalized spacial score (nSPS) is 14.9. The van der Waals surface area contributed by atoms with E-state index in [1.54, 1.807) is 12.1 Å². The summed E-state index contributed by atoms with van der Waals surface area (Å²) in [5.74, 6) is 0.315. The van der Waals surface area contributed by atoms with Gasteiger partial charge in [0.05, 0.1) is 0 Å². The minimum atomic E-state index is 0.146. The van der Waals surface area contributed by atoms with Gasteiger partial charge >= 0.3 is 0 Å². The second kappa shape index (κ2) is 6.49. The number of phenols is 1. The zero-order valence-corrected chi connectivity index (χ0v) is 13.8. The SMILES string of the molecule is CCC(C)(CNC(C)(C)C)CN(C)c1ccc(O)cc1. The number of phenolic OH excluding ortho intramolecular Hbond substituents is 1. The number of nitrogens with zero attached hydrogens (tertiary/aromatic N) is 1. The lowest BCUT2D eigenvalue weighted by atomic mass is 9.86. The van der Waals surface area contributed by atoms with Gasteiger partial charge in [0.2, 0.25) is 0 Å². The van der Waals surface area contributed by atoms with Crippen molar-refractivity contribution in [3.05, 3.63) is 24.3 Å². The van der Waals surface area contributed by atoms with Crippen LogP contribution < -0.4 is 10.2 Å². The molecule has 3 nitrogen and oxygen atoms in total. The summed E-state index contributed by atoms with van der Waals surface area (Å²) < 4.78 is 0. The van der Waals surface area contributed by atoms with Gasteiger partial charge in [-0.25, -0.2) is 0 Å². The molecular formula is C17H30N2O. The van der Waals surface area contributed by atoms with Crippen molar-refractivity contribution in [3.63, 3.8) is 0 Å². The van der Waals surface area contributed by atoms with E-state index in [4.69, 9.17) is 0 Å². The highest BCUT2D eigenvalue weighted by Gasteiger charge is 2.26. The van der Waals surface area contributed by atoms with Crippen molar-refractivity contribution in [2.45, 2.75) is 46.6 Å². The number of nitrogens with one attached hydrogen (secondary N) is 1. The first kappa shape index (κ1) is 16.8. The molecule has 3 heteroatoms. The lowest BCUT2D eigenvalue weighted by molar-refractivity contribution is 0.262. The molecule has 0 aliphatic heterocycles. The molecule has 1 atom stereocenters. The Morgan fingerprint density at radius 3 is 2.10 bits per heavy atom. The molecule has 114 valence electrons. The third kappa shape index (κ3) is 5.41. The number of aromatic hydroxyl groups is 1. The average molecular weight is 278 g/mol. The minimum Gasteiger partial charge on any atom is -0.508 e. The molecule has 1 rings (SSSR count). The van der Waals surface area contributed by atoms with E-state index >= 15 is 0 Å². The van der Waals surface area contributed by atoms with Crippen molar-refractivity contribution in [2.75, 3.05) is 25.0 Å². The van der Waals surface area contributed by atoms with Crippen LogP contribution in [0.15, 0.2) is 24.3 Å². The van der Waals surface area contributed by atoms with Crippen molar-refractivity contribution in [1.82, 2.24) is 5.32 Å². The Morgan fingerprint density at radius 1 is 1.10 bits per heavy atom. The van der Waals surface area contributed by atoms with Gasteiger partial charge in [-0.3, -0.25) is 0 Å². The largest absolute Gasteiger partial charge is 0.508 e. The molecule has 2 N–H and O–H groups in total. The Kier molecular flexibility index (Phi) is 5.46. The quantitative estimate of drug-likeness (QED) is 0.834. The van der Waals surface area contributed by atoms with Crippen molar-refractivity contribution in [1.29, 1.82) is 0 Å². The summed E-state index contributed by atoms with van der Waals surface area (Å²) in [5.41, 5.74) is 1.51. The molecule has 0 radical (unpaired) electrons. The van der Waals surface area contributed by atoms with Crippen molar-refractivity contribution >= 4 is 5.69 Å². The summed E-state index contributed by atoms with van der Waals surface area (Å²) in [7, 11) is 2.11. The van der Waals surface area contributed by atoms with E-state index in [0.717, 1.165) is 25.2 Å². The van der Waals surface area contributed by atoms with Crippen LogP contribution in [0.4, 0.5) is 5.69 Å². The first-order chi connectivity index (χ1) is 9.15. The Balaban J connectivity index is 2.68. The summed E-state index contributed by atoms with van der Waals surface area (Å²) in [6.07, 6.45) is 1.12. The Hall–Kier alpha value is -1.22. The van der Waals surface area contributed by atoms with Crippen LogP contribution in [-0.4, -0.2) is 30.8 Å². The molecule has 0 fully saturated rings. The van der Waals surface area contributed by atoms with Crippen LogP contribution in [-0.2, 0) is 0 Å². The molecule has 0 aliphatic carbocycles. The fourth-order valence-corrected chi connectivity index (χ4v) is 2.14. The standard InChI is InChI=1S/C17H30N2O/c1-7-17(5,12-18-16(2,3)4)13-19(6)14-8-10-15(20)11-9-14/h8-11,18,20H,7,12-13H2,1-6H3. The first-order valence-electron chi connectivity index (χ1n) is 7.40. The summed E-state index contributed by atoms with van der Waals surface area (Å²) in [5, 5.41) is 13.0. The lowest BCUT2D eigenvalue weighted by Crippen LogP contribution is -2.46. The molecule has 0 aromatic heterocycles. The number of rotatable bonds is 6. The highest BCUT2D eigenvalue weighted by atomic mass is 16.3. The average Bonchev–Trinajstić information content (AvgIpc) is 2.36. The number of anilines is 1. The van der Waals surface area contributed by atoms with E-state index in [9.17, 15) is 5.11 Å². The molecule has 1 unspecified atom stereocenters. The second-order valence-corrected chi connectivity index (χ2v) is 7.14. The zero-order chi connectivity index (χ0) is 15.4. The Labute approximate surface area is 124 Å². The van der Waals surface area contributed by atoms with E-state index in [1.807, 2.05) is 12.1 Å². The minimum absolute atomic E-state index is 0.146. The molecule has 0 saturated heterocycles. The van der Waals surface area contributed by atoms with Crippen LogP contribution in [0.3, 0.4) is 0 Å². The predicted octanol–water partition coefficient (Wildman–Crippen LogP) is 3.63. The number of benzene rings is 1. The molecule has 0 saturated carbocycles. The summed E-state index contributed by atoms with van der Waals surface area (Å²) >= 11 is 0. The maximum atomic E-state index is 9.36. The molecule has 1 aromatic rings. The number of hydrogen-bond donors (Lipinski definition) is 2. The molecule has 0 spiro atoms. The smallest absolute Gasteiger partial charge is 0.115 e. The molecule has 1 aromatic carbocycles. The van der Waals surface area contributed by atoms with Crippen LogP contribution >= 0.6 is 0 Å². The fraction of sp³-hybridized carbons (Fsp3) is 0.647. The van der Waals surface area contributed by atoms with Gasteiger partial charge in [0.1, 0.15) is 5.75 Å². The monoisotopic (exact) mass is 278 g/mol. The van der Waals surface area contributed by atoms with E-state index in [2.05, 4.69) is 51.9 Å². The van der Waals surface area contributed by atoms with Crippen molar-refractivity contribution in [2.24, 2.45) is 5.41 Å². The third-order valence-electron chi connectivity index (χ3n) is 3.81. The zero-order valence-electron chi connectivity index (χ0n) is 13.8. The lowest BCUT2D eigenvalue weighted by Gasteiger charge is -2.36. The molecule has 0 bridgehead atoms. The summed E-state index contributed by atoms with van der Waals surface area (Å²) in [4.78, 5) is 2.26. The van der Waals surface area contributed by atoms with Crippen LogP contribution in [0.5, 0.6) is 5.75 Å². The Morgan fingerprint density at radius 2 is 1.65 bits per heavy atom. The van der Waals surface area contributed by atoms with Crippen LogP contribution in [0.25, 0.3) is 0 Å². The van der Waals surface area contributed by atoms with Crippen molar-refractivity contribution < 1.29 is 5.11 Å². The van der Waals surface area contributed by atoms with E-state index in [-0.39, 0.29) is 11.0 Å². The van der Waals surface area contributed by atoms with Gasteiger partial charge in [-0.05, 0) is 56.9 Å². The van der Waals surface area contributed by atoms with Gasteiger partial charge in [0, 0.05) is 31.4 Å². The second-order valence-electron chi connectivity index (χ2n) is 7.14. The van der Waals surface area contributed by atoms with Crippen LogP contribution in [0, 0.1) is 5.41 Å². The summed E-state index contributed by atoms with van der Waals surface area (Å²) in [6.45, 7) is 13.1. The van der Waals surface area contributed by atoms with Gasteiger partial charge in [-0.15, -0.1) is 0 Å². The van der Waals surface area contributed by atoms with Gasteiger partial charge in [0.15, 0.2) is 0 Å². The number of hydrogen-bond acceptors (Lipinski definition) is 3. The van der Waals surface area contributed by atoms with Gasteiger partial charge in [-0.1, -0.05) is 13.8 Å². The summed E-state index contributed by atoms with van der Waals surface area (Å²) in [6, 6.07) is 7.40. The fourth-order valence-electron chi connectivity index (χ4n) is 2.14. The topological polar surface area (TPSA) is 35.5 Å². The molecule has 0 amide bonds. The van der Waals surface area contributed by atoms with Gasteiger partial charge < -0.3 is 15.3 Å². The molecule has 0 aliphatic rings. The van der Waals surface area contributed by atoms with Crippen LogP contribution in [0.1, 0.15) is 41.0 Å². The first-order valence-corrected chi connectivity index (χ1v) is 7.40. The maximum Gasteiger partial charge on any atom is 0.115 e. The van der Waals surface area contributed by atoms with Gasteiger partial charge in [0.25, 0.3) is 0 Å².